The first-order chi connectivity index (χ1) is 22.8. The van der Waals surface area contributed by atoms with Crippen LogP contribution in [0.25, 0.3) is 0 Å². The quantitative estimate of drug-likeness (QED) is 0.248. The monoisotopic (exact) mass is 661 g/mol. The molecule has 0 aliphatic carbocycles. The molecule has 248 valence electrons. The Balaban J connectivity index is 1.39. The maximum atomic E-state index is 14.6. The lowest BCUT2D eigenvalue weighted by Crippen LogP contribution is -2.55. The lowest BCUT2D eigenvalue weighted by atomic mass is 9.78. The SMILES string of the molecule is O=C1CC/C=C\[C@@H]2O[C@@]34C=CCN(c5ccc(Cl)cc5)C(=O)[C@@H]3N(CCCCCCO)C(=O)[C@H]4[C@@H]2C(=O)O[C@@H](c2ccccc2)CN1. The van der Waals surface area contributed by atoms with Gasteiger partial charge < -0.3 is 29.7 Å². The zero-order valence-corrected chi connectivity index (χ0v) is 26.9. The number of rotatable bonds is 8. The van der Waals surface area contributed by atoms with Crippen LogP contribution in [-0.4, -0.2) is 77.7 Å². The molecule has 0 radical (unpaired) electrons. The van der Waals surface area contributed by atoms with E-state index in [0.29, 0.717) is 42.1 Å². The molecule has 6 rings (SSSR count). The molecule has 4 heterocycles. The number of nitrogens with one attached hydrogen (secondary N) is 1. The highest BCUT2D eigenvalue weighted by Crippen LogP contribution is 2.53. The van der Waals surface area contributed by atoms with Gasteiger partial charge in [0.15, 0.2) is 0 Å². The molecule has 4 aliphatic rings. The summed E-state index contributed by atoms with van der Waals surface area (Å²) in [6.07, 6.45) is 8.99. The number of fused-ring (bicyclic) bond motifs is 2. The van der Waals surface area contributed by atoms with E-state index in [1.54, 1.807) is 52.3 Å². The molecule has 2 saturated heterocycles. The summed E-state index contributed by atoms with van der Waals surface area (Å²) < 4.78 is 12.9. The number of carbonyl (C=O) groups excluding carboxylic acids is 4. The number of amides is 3. The van der Waals surface area contributed by atoms with Gasteiger partial charge in [0, 0.05) is 36.8 Å². The van der Waals surface area contributed by atoms with Crippen molar-refractivity contribution in [3.8, 4) is 0 Å². The second-order valence-corrected chi connectivity index (χ2v) is 12.9. The molecular formula is C36H40ClN3O7. The predicted molar refractivity (Wildman–Crippen MR) is 175 cm³/mol. The third kappa shape index (κ3) is 6.59. The molecule has 6 atom stereocenters. The van der Waals surface area contributed by atoms with E-state index in [9.17, 15) is 24.3 Å². The number of carbonyl (C=O) groups is 4. The average Bonchev–Trinajstić information content (AvgIpc) is 3.45. The van der Waals surface area contributed by atoms with Gasteiger partial charge in [0.2, 0.25) is 11.8 Å². The highest BCUT2D eigenvalue weighted by Gasteiger charge is 2.71. The minimum Gasteiger partial charge on any atom is -0.455 e. The molecule has 2 aromatic rings. The molecule has 0 saturated carbocycles. The van der Waals surface area contributed by atoms with Gasteiger partial charge in [-0.05, 0) is 49.1 Å². The maximum absolute atomic E-state index is 14.6. The van der Waals surface area contributed by atoms with Crippen LogP contribution >= 0.6 is 11.6 Å². The van der Waals surface area contributed by atoms with Crippen LogP contribution in [0, 0.1) is 11.8 Å². The molecule has 10 nitrogen and oxygen atoms in total. The largest absolute Gasteiger partial charge is 0.455 e. The standard InChI is InChI=1S/C36H40ClN3O7/c37-25-15-17-26(18-16-25)39-21-10-19-36-31(33(43)40(32(36)34(39)44)20-8-1-2-9-22-41)30-27(47-36)13-6-7-14-29(42)38-23-28(46-35(30)45)24-11-4-3-5-12-24/h3-6,10-13,15-19,27-28,30-32,41H,1-2,7-9,14,20-23H2,(H,38,42)/b13-6-/t27-,28+,30+,31+,32-,36+/m0/s1. The van der Waals surface area contributed by atoms with E-state index in [4.69, 9.17) is 21.1 Å². The van der Waals surface area contributed by atoms with E-state index in [1.807, 2.05) is 36.4 Å². The molecule has 1 spiro atoms. The fourth-order valence-corrected chi connectivity index (χ4v) is 7.37. The number of likely N-dealkylation sites (tertiary alicyclic amines) is 1. The Morgan fingerprint density at radius 2 is 1.70 bits per heavy atom. The number of esters is 1. The van der Waals surface area contributed by atoms with Gasteiger partial charge in [-0.3, -0.25) is 19.2 Å². The Morgan fingerprint density at radius 3 is 2.47 bits per heavy atom. The van der Waals surface area contributed by atoms with Crippen LogP contribution in [0.5, 0.6) is 0 Å². The van der Waals surface area contributed by atoms with Crippen molar-refractivity contribution in [1.82, 2.24) is 10.2 Å². The highest BCUT2D eigenvalue weighted by molar-refractivity contribution is 6.30. The van der Waals surface area contributed by atoms with Crippen molar-refractivity contribution in [2.24, 2.45) is 11.8 Å². The number of halogens is 1. The first kappa shape index (κ1) is 32.9. The molecule has 2 N–H and O–H groups in total. The van der Waals surface area contributed by atoms with Gasteiger partial charge in [-0.2, -0.15) is 0 Å². The van der Waals surface area contributed by atoms with Crippen LogP contribution in [0.1, 0.15) is 50.2 Å². The molecule has 2 fully saturated rings. The van der Waals surface area contributed by atoms with Crippen LogP contribution in [0.4, 0.5) is 5.69 Å². The number of ether oxygens (including phenoxy) is 2. The number of benzene rings is 2. The van der Waals surface area contributed by atoms with Crippen LogP contribution in [-0.2, 0) is 28.7 Å². The molecule has 11 heteroatoms. The van der Waals surface area contributed by atoms with Gasteiger partial charge in [0.25, 0.3) is 5.91 Å². The summed E-state index contributed by atoms with van der Waals surface area (Å²) in [6, 6.07) is 15.1. The summed E-state index contributed by atoms with van der Waals surface area (Å²) in [5.74, 6) is -3.47. The summed E-state index contributed by atoms with van der Waals surface area (Å²) in [7, 11) is 0. The Bertz CT molecular complexity index is 1530. The van der Waals surface area contributed by atoms with Crippen molar-refractivity contribution in [1.29, 1.82) is 0 Å². The second-order valence-electron chi connectivity index (χ2n) is 12.4. The van der Waals surface area contributed by atoms with Crippen molar-refractivity contribution in [3.63, 3.8) is 0 Å². The number of allylic oxidation sites excluding steroid dienone is 1. The minimum atomic E-state index is -1.42. The van der Waals surface area contributed by atoms with Gasteiger partial charge >= 0.3 is 5.97 Å². The van der Waals surface area contributed by atoms with Gasteiger partial charge in [0.1, 0.15) is 23.7 Å². The Kier molecular flexibility index (Phi) is 10.1. The molecule has 0 aromatic heterocycles. The van der Waals surface area contributed by atoms with Crippen molar-refractivity contribution >= 4 is 41.0 Å². The van der Waals surface area contributed by atoms with Gasteiger partial charge in [-0.25, -0.2) is 0 Å². The number of cyclic esters (lactones) is 1. The molecule has 2 aromatic carbocycles. The summed E-state index contributed by atoms with van der Waals surface area (Å²) in [5.41, 5.74) is -0.0796. The number of hydrogen-bond donors (Lipinski definition) is 2. The topological polar surface area (TPSA) is 125 Å². The number of anilines is 1. The molecular weight excluding hydrogens is 622 g/mol. The summed E-state index contributed by atoms with van der Waals surface area (Å²) >= 11 is 6.15. The van der Waals surface area contributed by atoms with Gasteiger partial charge in [0.05, 0.1) is 18.6 Å². The number of hydrogen-bond acceptors (Lipinski definition) is 7. The van der Waals surface area contributed by atoms with Crippen LogP contribution < -0.4 is 10.2 Å². The van der Waals surface area contributed by atoms with Gasteiger partial charge in [-0.15, -0.1) is 0 Å². The van der Waals surface area contributed by atoms with Crippen LogP contribution in [0.15, 0.2) is 78.9 Å². The lowest BCUT2D eigenvalue weighted by molar-refractivity contribution is -0.159. The van der Waals surface area contributed by atoms with E-state index in [1.165, 1.54) is 0 Å². The van der Waals surface area contributed by atoms with E-state index in [-0.39, 0.29) is 43.8 Å². The second kappa shape index (κ2) is 14.4. The lowest BCUT2D eigenvalue weighted by Gasteiger charge is -2.35. The Labute approximate surface area is 279 Å². The molecule has 3 amide bonds. The first-order valence-corrected chi connectivity index (χ1v) is 16.7. The zero-order valence-electron chi connectivity index (χ0n) is 26.1. The van der Waals surface area contributed by atoms with E-state index < -0.39 is 41.7 Å². The van der Waals surface area contributed by atoms with Crippen molar-refractivity contribution in [2.45, 2.75) is 62.4 Å². The summed E-state index contributed by atoms with van der Waals surface area (Å²) in [5, 5.41) is 12.6. The Hall–Kier alpha value is -3.99. The van der Waals surface area contributed by atoms with E-state index >= 15 is 0 Å². The zero-order chi connectivity index (χ0) is 33.0. The predicted octanol–water partition coefficient (Wildman–Crippen LogP) is 4.13. The van der Waals surface area contributed by atoms with Crippen molar-refractivity contribution < 1.29 is 33.8 Å². The smallest absolute Gasteiger partial charge is 0.313 e. The molecule has 4 aliphatic heterocycles. The molecule has 47 heavy (non-hydrogen) atoms. The number of unbranched alkanes of at least 4 members (excludes halogenated alkanes) is 3. The fourth-order valence-electron chi connectivity index (χ4n) is 7.25. The van der Waals surface area contributed by atoms with Crippen LogP contribution in [0.3, 0.4) is 0 Å². The number of nitrogens with zero attached hydrogens (tertiary/aromatic N) is 2. The fraction of sp³-hybridized carbons (Fsp3) is 0.444. The minimum absolute atomic E-state index is 0.0807. The normalized spacial score (nSPS) is 30.0. The summed E-state index contributed by atoms with van der Waals surface area (Å²) in [4.78, 5) is 59.2. The number of aliphatic hydroxyl groups excluding tert-OH is 1. The van der Waals surface area contributed by atoms with E-state index in [2.05, 4.69) is 5.32 Å². The molecule has 0 unspecified atom stereocenters. The first-order valence-electron chi connectivity index (χ1n) is 16.4. The van der Waals surface area contributed by atoms with Crippen molar-refractivity contribution in [3.05, 3.63) is 89.5 Å². The maximum Gasteiger partial charge on any atom is 0.313 e. The molecule has 0 bridgehead atoms. The van der Waals surface area contributed by atoms with E-state index in [0.717, 1.165) is 12.8 Å². The van der Waals surface area contributed by atoms with Crippen molar-refractivity contribution in [2.75, 3.05) is 31.1 Å². The third-order valence-corrected chi connectivity index (χ3v) is 9.74. The van der Waals surface area contributed by atoms with Gasteiger partial charge in [-0.1, -0.05) is 79.1 Å². The van der Waals surface area contributed by atoms with Crippen LogP contribution in [0.2, 0.25) is 5.02 Å². The highest BCUT2D eigenvalue weighted by atomic mass is 35.5. The average molecular weight is 662 g/mol. The number of aliphatic hydroxyl groups is 1. The third-order valence-electron chi connectivity index (χ3n) is 9.49. The summed E-state index contributed by atoms with van der Waals surface area (Å²) in [6.45, 7) is 0.714. The Morgan fingerprint density at radius 1 is 0.936 bits per heavy atom.